The fourth-order valence-electron chi connectivity index (χ4n) is 1.57. The molecule has 0 aliphatic heterocycles. The Balaban J connectivity index is 0.00000162. The van der Waals surface area contributed by atoms with Gasteiger partial charge in [-0.3, -0.25) is 0 Å². The number of nitrogens with two attached hydrogens (primary N) is 1. The van der Waals surface area contributed by atoms with Crippen molar-refractivity contribution in [2.24, 2.45) is 5.73 Å². The Morgan fingerprint density at radius 1 is 1.44 bits per heavy atom. The maximum Gasteiger partial charge on any atom is 0.135 e. The second kappa shape index (κ2) is 6.43. The quantitative estimate of drug-likeness (QED) is 0.887. The third kappa shape index (κ3) is 2.98. The maximum absolute atomic E-state index is 10.0. The largest absolute Gasteiger partial charge is 0.506 e. The van der Waals surface area contributed by atoms with Crippen LogP contribution in [0.5, 0.6) is 11.5 Å². The van der Waals surface area contributed by atoms with Crippen LogP contribution in [0.2, 0.25) is 0 Å². The zero-order chi connectivity index (χ0) is 12.4. The van der Waals surface area contributed by atoms with Gasteiger partial charge in [-0.2, -0.15) is 0 Å². The number of halogens is 2. The molecule has 0 aliphatic rings. The van der Waals surface area contributed by atoms with Crippen molar-refractivity contribution in [1.82, 2.24) is 0 Å². The van der Waals surface area contributed by atoms with E-state index in [1.54, 1.807) is 30.6 Å². The standard InChI is InChI=1S/C12H12BrNO2S.ClH/c1-16-7-5-8(12(15)9(13)6-7)11(14)10-3-2-4-17-10;/h2-6,11,15H,14H2,1H3;1H/t11-;/m0./s1. The van der Waals surface area contributed by atoms with E-state index in [4.69, 9.17) is 10.5 Å². The highest BCUT2D eigenvalue weighted by Crippen LogP contribution is 2.38. The number of ether oxygens (including phenoxy) is 1. The van der Waals surface area contributed by atoms with E-state index >= 15 is 0 Å². The summed E-state index contributed by atoms with van der Waals surface area (Å²) >= 11 is 4.85. The Labute approximate surface area is 124 Å². The zero-order valence-electron chi connectivity index (χ0n) is 9.59. The molecule has 0 radical (unpaired) electrons. The molecule has 98 valence electrons. The average molecular weight is 351 g/mol. The summed E-state index contributed by atoms with van der Waals surface area (Å²) in [6.07, 6.45) is 0. The van der Waals surface area contributed by atoms with Crippen LogP contribution in [0.15, 0.2) is 34.1 Å². The van der Waals surface area contributed by atoms with Gasteiger partial charge in [0.2, 0.25) is 0 Å². The van der Waals surface area contributed by atoms with Crippen LogP contribution < -0.4 is 10.5 Å². The number of aromatic hydroxyl groups is 1. The molecule has 2 aromatic rings. The molecule has 0 amide bonds. The molecule has 0 saturated carbocycles. The highest BCUT2D eigenvalue weighted by Gasteiger charge is 2.17. The second-order valence-electron chi connectivity index (χ2n) is 3.54. The molecule has 3 N–H and O–H groups in total. The number of benzene rings is 1. The molecule has 1 heterocycles. The van der Waals surface area contributed by atoms with Crippen molar-refractivity contribution in [3.05, 3.63) is 44.6 Å². The van der Waals surface area contributed by atoms with Crippen LogP contribution in [0, 0.1) is 0 Å². The van der Waals surface area contributed by atoms with Gasteiger partial charge in [-0.25, -0.2) is 0 Å². The predicted octanol–water partition coefficient (Wildman–Crippen LogP) is 3.69. The number of phenolic OH excluding ortho intramolecular Hbond substituents is 1. The normalized spacial score (nSPS) is 11.7. The van der Waals surface area contributed by atoms with Crippen molar-refractivity contribution >= 4 is 39.7 Å². The summed E-state index contributed by atoms with van der Waals surface area (Å²) < 4.78 is 5.75. The summed E-state index contributed by atoms with van der Waals surface area (Å²) in [5, 5.41) is 12.0. The van der Waals surface area contributed by atoms with E-state index in [0.29, 0.717) is 15.8 Å². The van der Waals surface area contributed by atoms with E-state index in [0.717, 1.165) is 4.88 Å². The molecule has 2 rings (SSSR count). The van der Waals surface area contributed by atoms with Gasteiger partial charge in [0.1, 0.15) is 11.5 Å². The Morgan fingerprint density at radius 2 is 2.17 bits per heavy atom. The van der Waals surface area contributed by atoms with Gasteiger partial charge in [-0.05, 0) is 39.5 Å². The monoisotopic (exact) mass is 349 g/mol. The molecular weight excluding hydrogens is 338 g/mol. The van der Waals surface area contributed by atoms with E-state index in [1.165, 1.54) is 0 Å². The van der Waals surface area contributed by atoms with Gasteiger partial charge in [-0.1, -0.05) is 6.07 Å². The minimum Gasteiger partial charge on any atom is -0.506 e. The van der Waals surface area contributed by atoms with Crippen molar-refractivity contribution in [2.45, 2.75) is 6.04 Å². The van der Waals surface area contributed by atoms with E-state index in [2.05, 4.69) is 15.9 Å². The molecule has 0 saturated heterocycles. The average Bonchev–Trinajstić information content (AvgIpc) is 2.85. The molecular formula is C12H13BrClNO2S. The highest BCUT2D eigenvalue weighted by molar-refractivity contribution is 9.10. The van der Waals surface area contributed by atoms with Crippen molar-refractivity contribution < 1.29 is 9.84 Å². The Hall–Kier alpha value is -0.750. The lowest BCUT2D eigenvalue weighted by atomic mass is 10.0. The van der Waals surface area contributed by atoms with Gasteiger partial charge >= 0.3 is 0 Å². The molecule has 1 atom stereocenters. The van der Waals surface area contributed by atoms with Crippen LogP contribution in [0.25, 0.3) is 0 Å². The molecule has 0 fully saturated rings. The van der Waals surface area contributed by atoms with Crippen LogP contribution in [0.4, 0.5) is 0 Å². The van der Waals surface area contributed by atoms with Gasteiger partial charge in [0.15, 0.2) is 0 Å². The van der Waals surface area contributed by atoms with Crippen molar-refractivity contribution in [3.63, 3.8) is 0 Å². The number of methoxy groups -OCH3 is 1. The third-order valence-corrected chi connectivity index (χ3v) is 4.05. The lowest BCUT2D eigenvalue weighted by Gasteiger charge is -2.14. The van der Waals surface area contributed by atoms with Crippen LogP contribution in [-0.4, -0.2) is 12.2 Å². The SMILES string of the molecule is COc1cc(Br)c(O)c([C@H](N)c2cccs2)c1.Cl. The van der Waals surface area contributed by atoms with Crippen LogP contribution in [0.1, 0.15) is 16.5 Å². The smallest absolute Gasteiger partial charge is 0.135 e. The van der Waals surface area contributed by atoms with Gasteiger partial charge in [0, 0.05) is 10.4 Å². The van der Waals surface area contributed by atoms with E-state index in [-0.39, 0.29) is 24.2 Å². The number of thiophene rings is 1. The molecule has 0 aliphatic carbocycles. The molecule has 1 aromatic carbocycles. The van der Waals surface area contributed by atoms with Gasteiger partial charge in [-0.15, -0.1) is 23.7 Å². The first-order valence-corrected chi connectivity index (χ1v) is 6.66. The summed E-state index contributed by atoms with van der Waals surface area (Å²) in [5.74, 6) is 0.823. The fourth-order valence-corrected chi connectivity index (χ4v) is 2.77. The summed E-state index contributed by atoms with van der Waals surface area (Å²) in [6, 6.07) is 7.00. The Morgan fingerprint density at radius 3 is 2.72 bits per heavy atom. The minimum atomic E-state index is -0.346. The first-order valence-electron chi connectivity index (χ1n) is 4.99. The summed E-state index contributed by atoms with van der Waals surface area (Å²) in [5.41, 5.74) is 6.78. The molecule has 6 heteroatoms. The summed E-state index contributed by atoms with van der Waals surface area (Å²) in [4.78, 5) is 1.00. The number of hydrogen-bond donors (Lipinski definition) is 2. The fraction of sp³-hybridized carbons (Fsp3) is 0.167. The van der Waals surface area contributed by atoms with Gasteiger partial charge < -0.3 is 15.6 Å². The maximum atomic E-state index is 10.0. The van der Waals surface area contributed by atoms with Gasteiger partial charge in [0.25, 0.3) is 0 Å². The van der Waals surface area contributed by atoms with Crippen molar-refractivity contribution in [1.29, 1.82) is 0 Å². The van der Waals surface area contributed by atoms with Crippen LogP contribution in [0.3, 0.4) is 0 Å². The predicted molar refractivity (Wildman–Crippen MR) is 80.0 cm³/mol. The van der Waals surface area contributed by atoms with Gasteiger partial charge in [0.05, 0.1) is 17.6 Å². The Bertz CT molecular complexity index is 519. The summed E-state index contributed by atoms with van der Waals surface area (Å²) in [7, 11) is 1.58. The van der Waals surface area contributed by atoms with E-state index in [1.807, 2.05) is 17.5 Å². The molecule has 1 aromatic heterocycles. The van der Waals surface area contributed by atoms with Crippen LogP contribution in [-0.2, 0) is 0 Å². The zero-order valence-corrected chi connectivity index (χ0v) is 12.8. The van der Waals surface area contributed by atoms with Crippen molar-refractivity contribution in [2.75, 3.05) is 7.11 Å². The Kier molecular flexibility index (Phi) is 5.47. The lowest BCUT2D eigenvalue weighted by Crippen LogP contribution is -2.10. The number of hydrogen-bond acceptors (Lipinski definition) is 4. The molecule has 0 unspecified atom stereocenters. The lowest BCUT2D eigenvalue weighted by molar-refractivity contribution is 0.409. The van der Waals surface area contributed by atoms with E-state index in [9.17, 15) is 5.11 Å². The number of rotatable bonds is 3. The first-order chi connectivity index (χ1) is 8.13. The minimum absolute atomic E-state index is 0. The number of phenols is 1. The van der Waals surface area contributed by atoms with Crippen LogP contribution >= 0.6 is 39.7 Å². The first kappa shape index (κ1) is 15.3. The van der Waals surface area contributed by atoms with E-state index < -0.39 is 0 Å². The third-order valence-electron chi connectivity index (χ3n) is 2.49. The molecule has 3 nitrogen and oxygen atoms in total. The summed E-state index contributed by atoms with van der Waals surface area (Å²) in [6.45, 7) is 0. The molecule has 0 spiro atoms. The topological polar surface area (TPSA) is 55.5 Å². The highest BCUT2D eigenvalue weighted by atomic mass is 79.9. The second-order valence-corrected chi connectivity index (χ2v) is 5.37. The molecule has 18 heavy (non-hydrogen) atoms. The van der Waals surface area contributed by atoms with Crippen molar-refractivity contribution in [3.8, 4) is 11.5 Å². The molecule has 0 bridgehead atoms.